The molecule has 0 radical (unpaired) electrons. The standard InChI is InChI=1S/C12H8FN3/c13-9-4-2-1-3-8(9)11-7-15-12-10(16-11)5-6-14-12/h1-7H,(H,14,15). The van der Waals surface area contributed by atoms with Gasteiger partial charge in [0.25, 0.3) is 0 Å². The highest BCUT2D eigenvalue weighted by atomic mass is 19.1. The van der Waals surface area contributed by atoms with E-state index in [-0.39, 0.29) is 5.82 Å². The average molecular weight is 213 g/mol. The second kappa shape index (κ2) is 3.41. The van der Waals surface area contributed by atoms with E-state index in [4.69, 9.17) is 0 Å². The Morgan fingerprint density at radius 1 is 1.12 bits per heavy atom. The van der Waals surface area contributed by atoms with Crippen LogP contribution in [0.2, 0.25) is 0 Å². The highest BCUT2D eigenvalue weighted by Crippen LogP contribution is 2.21. The number of nitrogens with zero attached hydrogens (tertiary/aromatic N) is 2. The molecule has 0 saturated carbocycles. The zero-order valence-electron chi connectivity index (χ0n) is 8.31. The average Bonchev–Trinajstić information content (AvgIpc) is 2.76. The summed E-state index contributed by atoms with van der Waals surface area (Å²) in [6.07, 6.45) is 3.33. The quantitative estimate of drug-likeness (QED) is 0.675. The normalized spacial score (nSPS) is 10.8. The maximum absolute atomic E-state index is 13.5. The van der Waals surface area contributed by atoms with Crippen LogP contribution in [0.3, 0.4) is 0 Å². The van der Waals surface area contributed by atoms with E-state index in [1.807, 2.05) is 6.07 Å². The van der Waals surface area contributed by atoms with Crippen molar-refractivity contribution in [1.82, 2.24) is 15.0 Å². The maximum Gasteiger partial charge on any atom is 0.156 e. The van der Waals surface area contributed by atoms with Gasteiger partial charge in [0.15, 0.2) is 5.65 Å². The third-order valence-electron chi connectivity index (χ3n) is 2.41. The number of benzene rings is 1. The van der Waals surface area contributed by atoms with Gasteiger partial charge in [0.05, 0.1) is 11.9 Å². The van der Waals surface area contributed by atoms with Crippen molar-refractivity contribution in [2.24, 2.45) is 0 Å². The topological polar surface area (TPSA) is 41.6 Å². The van der Waals surface area contributed by atoms with E-state index in [1.165, 1.54) is 6.07 Å². The minimum atomic E-state index is -0.285. The highest BCUT2D eigenvalue weighted by Gasteiger charge is 2.07. The van der Waals surface area contributed by atoms with Crippen molar-refractivity contribution in [3.63, 3.8) is 0 Å². The van der Waals surface area contributed by atoms with Gasteiger partial charge in [-0.2, -0.15) is 0 Å². The number of halogens is 1. The van der Waals surface area contributed by atoms with Crippen molar-refractivity contribution in [1.29, 1.82) is 0 Å². The Morgan fingerprint density at radius 2 is 2.00 bits per heavy atom. The fourth-order valence-electron chi connectivity index (χ4n) is 1.63. The minimum absolute atomic E-state index is 0.285. The van der Waals surface area contributed by atoms with Gasteiger partial charge in [-0.25, -0.2) is 14.4 Å². The zero-order chi connectivity index (χ0) is 11.0. The van der Waals surface area contributed by atoms with Gasteiger partial charge in [0, 0.05) is 11.8 Å². The molecule has 16 heavy (non-hydrogen) atoms. The fourth-order valence-corrected chi connectivity index (χ4v) is 1.63. The predicted octanol–water partition coefficient (Wildman–Crippen LogP) is 2.76. The molecular weight excluding hydrogens is 205 g/mol. The first-order chi connectivity index (χ1) is 7.84. The Hall–Kier alpha value is -2.23. The molecule has 3 nitrogen and oxygen atoms in total. The monoisotopic (exact) mass is 213 g/mol. The van der Waals surface area contributed by atoms with E-state index in [2.05, 4.69) is 15.0 Å². The summed E-state index contributed by atoms with van der Waals surface area (Å²) in [5.41, 5.74) is 2.46. The first-order valence-corrected chi connectivity index (χ1v) is 4.89. The second-order valence-corrected chi connectivity index (χ2v) is 3.45. The van der Waals surface area contributed by atoms with Crippen molar-refractivity contribution < 1.29 is 4.39 Å². The fraction of sp³-hybridized carbons (Fsp3) is 0. The molecule has 0 aliphatic rings. The van der Waals surface area contributed by atoms with Gasteiger partial charge in [0.1, 0.15) is 11.3 Å². The molecule has 0 bridgehead atoms. The van der Waals surface area contributed by atoms with E-state index >= 15 is 0 Å². The lowest BCUT2D eigenvalue weighted by molar-refractivity contribution is 0.630. The second-order valence-electron chi connectivity index (χ2n) is 3.45. The van der Waals surface area contributed by atoms with Crippen LogP contribution in [0.15, 0.2) is 42.7 Å². The third kappa shape index (κ3) is 1.35. The lowest BCUT2D eigenvalue weighted by atomic mass is 10.1. The molecule has 3 rings (SSSR count). The number of H-pyrrole nitrogens is 1. The first-order valence-electron chi connectivity index (χ1n) is 4.89. The van der Waals surface area contributed by atoms with Crippen LogP contribution in [0.4, 0.5) is 4.39 Å². The summed E-state index contributed by atoms with van der Waals surface area (Å²) in [5, 5.41) is 0. The molecule has 0 unspecified atom stereocenters. The molecule has 2 heterocycles. The van der Waals surface area contributed by atoms with Crippen LogP contribution in [0, 0.1) is 5.82 Å². The van der Waals surface area contributed by atoms with Crippen LogP contribution in [0.5, 0.6) is 0 Å². The number of hydrogen-bond acceptors (Lipinski definition) is 2. The summed E-state index contributed by atoms with van der Waals surface area (Å²) in [7, 11) is 0. The predicted molar refractivity (Wildman–Crippen MR) is 59.3 cm³/mol. The Bertz CT molecular complexity index is 645. The Labute approximate surface area is 91.0 Å². The van der Waals surface area contributed by atoms with Gasteiger partial charge in [-0.05, 0) is 18.2 Å². The molecule has 0 saturated heterocycles. The molecule has 0 fully saturated rings. The van der Waals surface area contributed by atoms with Crippen LogP contribution in [-0.4, -0.2) is 15.0 Å². The number of rotatable bonds is 1. The van der Waals surface area contributed by atoms with Gasteiger partial charge in [-0.15, -0.1) is 0 Å². The number of hydrogen-bond donors (Lipinski definition) is 1. The number of aromatic amines is 1. The zero-order valence-corrected chi connectivity index (χ0v) is 8.31. The number of nitrogens with one attached hydrogen (secondary N) is 1. The molecule has 0 amide bonds. The molecule has 4 heteroatoms. The highest BCUT2D eigenvalue weighted by molar-refractivity contribution is 5.74. The van der Waals surface area contributed by atoms with Crippen molar-refractivity contribution in [2.45, 2.75) is 0 Å². The van der Waals surface area contributed by atoms with Gasteiger partial charge in [0.2, 0.25) is 0 Å². The SMILES string of the molecule is Fc1ccccc1-c1cnc2[nH]ccc2n1. The van der Waals surface area contributed by atoms with Crippen LogP contribution in [0.1, 0.15) is 0 Å². The van der Waals surface area contributed by atoms with E-state index in [0.29, 0.717) is 16.9 Å². The summed E-state index contributed by atoms with van der Waals surface area (Å²) >= 11 is 0. The van der Waals surface area contributed by atoms with Gasteiger partial charge < -0.3 is 4.98 Å². The Balaban J connectivity index is 2.22. The minimum Gasteiger partial charge on any atom is -0.345 e. The van der Waals surface area contributed by atoms with Crippen LogP contribution >= 0.6 is 0 Å². The summed E-state index contributed by atoms with van der Waals surface area (Å²) in [6.45, 7) is 0. The van der Waals surface area contributed by atoms with Crippen molar-refractivity contribution in [2.75, 3.05) is 0 Å². The maximum atomic E-state index is 13.5. The largest absolute Gasteiger partial charge is 0.345 e. The van der Waals surface area contributed by atoms with Crippen LogP contribution in [-0.2, 0) is 0 Å². The van der Waals surface area contributed by atoms with Crippen molar-refractivity contribution in [3.05, 3.63) is 48.5 Å². The van der Waals surface area contributed by atoms with E-state index in [1.54, 1.807) is 30.6 Å². The third-order valence-corrected chi connectivity index (χ3v) is 2.41. The first kappa shape index (κ1) is 9.03. The van der Waals surface area contributed by atoms with Gasteiger partial charge >= 0.3 is 0 Å². The van der Waals surface area contributed by atoms with Crippen LogP contribution < -0.4 is 0 Å². The van der Waals surface area contributed by atoms with E-state index < -0.39 is 0 Å². The van der Waals surface area contributed by atoms with E-state index in [0.717, 1.165) is 5.52 Å². The van der Waals surface area contributed by atoms with Crippen LogP contribution in [0.25, 0.3) is 22.4 Å². The molecule has 0 aliphatic heterocycles. The number of fused-ring (bicyclic) bond motifs is 1. The molecule has 2 aromatic heterocycles. The molecule has 0 spiro atoms. The smallest absolute Gasteiger partial charge is 0.156 e. The Morgan fingerprint density at radius 3 is 2.88 bits per heavy atom. The molecule has 0 atom stereocenters. The van der Waals surface area contributed by atoms with E-state index in [9.17, 15) is 4.39 Å². The molecular formula is C12H8FN3. The molecule has 3 aromatic rings. The molecule has 78 valence electrons. The van der Waals surface area contributed by atoms with Crippen molar-refractivity contribution >= 4 is 11.2 Å². The molecule has 1 N–H and O–H groups in total. The lowest BCUT2D eigenvalue weighted by Crippen LogP contribution is -1.89. The molecule has 1 aromatic carbocycles. The van der Waals surface area contributed by atoms with Gasteiger partial charge in [-0.3, -0.25) is 0 Å². The molecule has 0 aliphatic carbocycles. The summed E-state index contributed by atoms with van der Waals surface area (Å²) in [6, 6.07) is 8.35. The summed E-state index contributed by atoms with van der Waals surface area (Å²) in [4.78, 5) is 11.5. The lowest BCUT2D eigenvalue weighted by Gasteiger charge is -2.01. The summed E-state index contributed by atoms with van der Waals surface area (Å²) < 4.78 is 13.5. The number of aromatic nitrogens is 3. The summed E-state index contributed by atoms with van der Waals surface area (Å²) in [5.74, 6) is -0.285. The van der Waals surface area contributed by atoms with Gasteiger partial charge in [-0.1, -0.05) is 12.1 Å². The Kier molecular flexibility index (Phi) is 1.93. The van der Waals surface area contributed by atoms with Crippen molar-refractivity contribution in [3.8, 4) is 11.3 Å².